The van der Waals surface area contributed by atoms with Crippen molar-refractivity contribution in [1.82, 2.24) is 15.0 Å². The number of carboxylic acids is 1. The Morgan fingerprint density at radius 3 is 2.38 bits per heavy atom. The van der Waals surface area contributed by atoms with Crippen molar-refractivity contribution in [2.24, 2.45) is 0 Å². The monoisotopic (exact) mass is 577 g/mol. The molecule has 0 aliphatic heterocycles. The maximum absolute atomic E-state index is 13.5. The van der Waals surface area contributed by atoms with Gasteiger partial charge < -0.3 is 5.11 Å². The predicted molar refractivity (Wildman–Crippen MR) is 101 cm³/mol. The van der Waals surface area contributed by atoms with E-state index < -0.39 is 17.6 Å². The number of rotatable bonds is 6. The third-order valence-electron chi connectivity index (χ3n) is 3.74. The second-order valence-electron chi connectivity index (χ2n) is 5.93. The molecule has 1 N–H and O–H groups in total. The smallest absolute Gasteiger partial charge is 0.354 e. The van der Waals surface area contributed by atoms with E-state index in [4.69, 9.17) is 5.11 Å². The van der Waals surface area contributed by atoms with Gasteiger partial charge in [-0.2, -0.15) is 0 Å². The Kier molecular flexibility index (Phi) is 10.8. The summed E-state index contributed by atoms with van der Waals surface area (Å²) in [5.41, 5.74) is 1.21. The van der Waals surface area contributed by atoms with Gasteiger partial charge in [0.2, 0.25) is 0 Å². The topological polar surface area (TPSA) is 76.0 Å². The molecule has 155 valence electrons. The van der Waals surface area contributed by atoms with E-state index in [-0.39, 0.29) is 37.2 Å². The minimum absolute atomic E-state index is 0. The molecule has 0 bridgehead atoms. The van der Waals surface area contributed by atoms with E-state index in [9.17, 15) is 13.6 Å². The summed E-state index contributed by atoms with van der Waals surface area (Å²) < 4.78 is 26.3. The molecule has 8 heteroatoms. The Balaban J connectivity index is 0.000000355. The molecule has 0 saturated heterocycles. The van der Waals surface area contributed by atoms with E-state index in [0.29, 0.717) is 0 Å². The van der Waals surface area contributed by atoms with Gasteiger partial charge in [0, 0.05) is 50.3 Å². The zero-order valence-corrected chi connectivity index (χ0v) is 18.1. The Labute approximate surface area is 181 Å². The molecule has 5 nitrogen and oxygen atoms in total. The van der Waals surface area contributed by atoms with Crippen molar-refractivity contribution < 1.29 is 38.8 Å². The van der Waals surface area contributed by atoms with E-state index in [0.717, 1.165) is 37.0 Å². The number of hydrogen-bond acceptors (Lipinski definition) is 4. The van der Waals surface area contributed by atoms with Crippen LogP contribution >= 0.6 is 0 Å². The molecule has 0 amide bonds. The van der Waals surface area contributed by atoms with Crippen molar-refractivity contribution in [2.75, 3.05) is 0 Å². The Bertz CT molecular complexity index is 894. The van der Waals surface area contributed by atoms with Crippen molar-refractivity contribution in [3.8, 4) is 11.4 Å². The second-order valence-corrected chi connectivity index (χ2v) is 5.93. The SMILES string of the molecule is CCCCCc1cnc(-c2[c-]cc(F)cc2F)nc1.O=C(O)c1ccccn1.[Ir]. The molecule has 0 saturated carbocycles. The van der Waals surface area contributed by atoms with E-state index in [2.05, 4.69) is 27.9 Å². The molecule has 2 aromatic heterocycles. The van der Waals surface area contributed by atoms with Gasteiger partial charge in [0.05, 0.1) is 5.82 Å². The number of aryl methyl sites for hydroxylation is 1. The molecule has 2 heterocycles. The number of carboxylic acid groups (broad SMARTS) is 1. The molecule has 3 aromatic rings. The van der Waals surface area contributed by atoms with Crippen LogP contribution in [-0.2, 0) is 26.5 Å². The number of unbranched alkanes of at least 4 members (excludes halogenated alkanes) is 2. The Hall–Kier alpha value is -2.57. The largest absolute Gasteiger partial charge is 0.477 e. The van der Waals surface area contributed by atoms with Crippen molar-refractivity contribution in [1.29, 1.82) is 0 Å². The predicted octanol–water partition coefficient (Wildman–Crippen LogP) is 4.73. The standard InChI is InChI=1S/C15H15F2N2.C6H5NO2.Ir/c1-2-3-4-5-11-9-18-15(19-10-11)13-7-6-12(16)8-14(13)17;8-6(9)5-3-1-2-4-7-5;/h6,8-10H,2-5H2,1H3;1-4H,(H,8,9);/q-1;;. The zero-order valence-electron chi connectivity index (χ0n) is 15.7. The summed E-state index contributed by atoms with van der Waals surface area (Å²) in [5, 5.41) is 8.32. The van der Waals surface area contributed by atoms with Crippen LogP contribution < -0.4 is 0 Å². The fourth-order valence-corrected chi connectivity index (χ4v) is 2.30. The number of hydrogen-bond donors (Lipinski definition) is 1. The van der Waals surface area contributed by atoms with Gasteiger partial charge >= 0.3 is 5.97 Å². The second kappa shape index (κ2) is 12.8. The number of nitrogens with zero attached hydrogens (tertiary/aromatic N) is 3. The number of benzene rings is 1. The van der Waals surface area contributed by atoms with Gasteiger partial charge in [-0.05, 0) is 30.5 Å². The number of carbonyl (C=O) groups is 1. The van der Waals surface area contributed by atoms with Gasteiger partial charge in [-0.15, -0.1) is 12.1 Å². The van der Waals surface area contributed by atoms with E-state index in [1.54, 1.807) is 24.5 Å². The summed E-state index contributed by atoms with van der Waals surface area (Å²) in [6.07, 6.45) is 9.17. The van der Waals surface area contributed by atoms with Gasteiger partial charge in [-0.25, -0.2) is 9.78 Å². The summed E-state index contributed by atoms with van der Waals surface area (Å²) in [4.78, 5) is 21.9. The molecule has 0 atom stereocenters. The van der Waals surface area contributed by atoms with Crippen LogP contribution in [-0.4, -0.2) is 26.0 Å². The third kappa shape index (κ3) is 8.13. The average Bonchev–Trinajstić information content (AvgIpc) is 2.70. The molecule has 0 fully saturated rings. The summed E-state index contributed by atoms with van der Waals surface area (Å²) in [6, 6.07) is 9.16. The molecule has 0 aliphatic carbocycles. The van der Waals surface area contributed by atoms with Gasteiger partial charge in [-0.3, -0.25) is 18.7 Å². The molecular formula is C21H20F2IrN3O2-. The summed E-state index contributed by atoms with van der Waals surface area (Å²) >= 11 is 0. The average molecular weight is 577 g/mol. The van der Waals surface area contributed by atoms with Crippen LogP contribution in [0.1, 0.15) is 42.2 Å². The molecule has 29 heavy (non-hydrogen) atoms. The van der Waals surface area contributed by atoms with Crippen molar-refractivity contribution in [3.05, 3.63) is 77.9 Å². The van der Waals surface area contributed by atoms with Gasteiger partial charge in [0.25, 0.3) is 0 Å². The minimum Gasteiger partial charge on any atom is -0.477 e. The number of halogens is 2. The molecule has 0 unspecified atom stereocenters. The number of aromatic carboxylic acids is 1. The Morgan fingerprint density at radius 2 is 1.86 bits per heavy atom. The van der Waals surface area contributed by atoms with Crippen LogP contribution in [0.4, 0.5) is 8.78 Å². The fourth-order valence-electron chi connectivity index (χ4n) is 2.30. The van der Waals surface area contributed by atoms with E-state index in [1.807, 2.05) is 0 Å². The van der Waals surface area contributed by atoms with Gasteiger partial charge in [-0.1, -0.05) is 37.5 Å². The minimum atomic E-state index is -0.990. The maximum atomic E-state index is 13.5. The Morgan fingerprint density at radius 1 is 1.14 bits per heavy atom. The quantitative estimate of drug-likeness (QED) is 0.339. The van der Waals surface area contributed by atoms with Crippen LogP contribution in [0.2, 0.25) is 0 Å². The van der Waals surface area contributed by atoms with E-state index in [1.165, 1.54) is 18.7 Å². The molecule has 0 spiro atoms. The number of pyridine rings is 1. The van der Waals surface area contributed by atoms with Crippen molar-refractivity contribution in [3.63, 3.8) is 0 Å². The normalized spacial score (nSPS) is 9.76. The van der Waals surface area contributed by atoms with Gasteiger partial charge in [0.15, 0.2) is 0 Å². The first-order valence-corrected chi connectivity index (χ1v) is 8.83. The van der Waals surface area contributed by atoms with Crippen LogP contribution in [0.15, 0.2) is 48.9 Å². The molecule has 0 aliphatic rings. The molecule has 1 aromatic carbocycles. The van der Waals surface area contributed by atoms with Crippen LogP contribution in [0.3, 0.4) is 0 Å². The van der Waals surface area contributed by atoms with Crippen molar-refractivity contribution in [2.45, 2.75) is 32.6 Å². The van der Waals surface area contributed by atoms with Gasteiger partial charge in [0.1, 0.15) is 5.69 Å². The van der Waals surface area contributed by atoms with E-state index >= 15 is 0 Å². The van der Waals surface area contributed by atoms with Crippen LogP contribution in [0.25, 0.3) is 11.4 Å². The molecule has 1 radical (unpaired) electrons. The fraction of sp³-hybridized carbons (Fsp3) is 0.238. The van der Waals surface area contributed by atoms with Crippen LogP contribution in [0.5, 0.6) is 0 Å². The first-order valence-electron chi connectivity index (χ1n) is 8.83. The number of aromatic nitrogens is 3. The third-order valence-corrected chi connectivity index (χ3v) is 3.74. The maximum Gasteiger partial charge on any atom is 0.354 e. The first-order chi connectivity index (χ1) is 13.5. The zero-order chi connectivity index (χ0) is 20.4. The molecule has 3 rings (SSSR count). The summed E-state index contributed by atoms with van der Waals surface area (Å²) in [6.45, 7) is 2.15. The first kappa shape index (κ1) is 24.5. The van der Waals surface area contributed by atoms with Crippen LogP contribution in [0, 0.1) is 17.7 Å². The molecular weight excluding hydrogens is 556 g/mol. The van der Waals surface area contributed by atoms with Crippen molar-refractivity contribution >= 4 is 5.97 Å². The summed E-state index contributed by atoms with van der Waals surface area (Å²) in [5.74, 6) is -2.11. The summed E-state index contributed by atoms with van der Waals surface area (Å²) in [7, 11) is 0.